The van der Waals surface area contributed by atoms with E-state index in [9.17, 15) is 0 Å². The van der Waals surface area contributed by atoms with Crippen molar-refractivity contribution < 1.29 is 9.47 Å². The molecule has 0 fully saturated rings. The summed E-state index contributed by atoms with van der Waals surface area (Å²) < 4.78 is 12.4. The van der Waals surface area contributed by atoms with Gasteiger partial charge in [-0.1, -0.05) is 98.3 Å². The molecule has 0 radical (unpaired) electrons. The lowest BCUT2D eigenvalue weighted by Gasteiger charge is -2.18. The Kier molecular flexibility index (Phi) is 11.2. The van der Waals surface area contributed by atoms with Gasteiger partial charge in [0.2, 0.25) is 0 Å². The van der Waals surface area contributed by atoms with E-state index in [1.54, 1.807) is 0 Å². The number of anilines is 1. The molecule has 44 heavy (non-hydrogen) atoms. The summed E-state index contributed by atoms with van der Waals surface area (Å²) >= 11 is 6.33. The Morgan fingerprint density at radius 1 is 0.750 bits per heavy atom. The number of benzene rings is 4. The summed E-state index contributed by atoms with van der Waals surface area (Å²) in [6, 6.07) is 31.9. The Hall–Kier alpha value is -4.39. The van der Waals surface area contributed by atoms with Crippen molar-refractivity contribution in [3.8, 4) is 11.5 Å². The van der Waals surface area contributed by atoms with Crippen molar-refractivity contribution in [2.45, 2.75) is 33.5 Å². The first-order chi connectivity index (χ1) is 21.6. The van der Waals surface area contributed by atoms with E-state index in [1.165, 1.54) is 0 Å². The number of nitrogens with zero attached hydrogens (tertiary/aromatic N) is 3. The molecule has 5 rings (SSSR count). The molecule has 226 valence electrons. The maximum Gasteiger partial charge on any atom is 0.162 e. The maximum absolute atomic E-state index is 6.33. The van der Waals surface area contributed by atoms with Gasteiger partial charge in [0.25, 0.3) is 0 Å². The number of hydrogen-bond donors (Lipinski definition) is 1. The van der Waals surface area contributed by atoms with Crippen molar-refractivity contribution in [2.24, 2.45) is 0 Å². The maximum atomic E-state index is 6.33. The average molecular weight is 607 g/mol. The molecular formula is C37H39ClN4O2. The van der Waals surface area contributed by atoms with Gasteiger partial charge >= 0.3 is 0 Å². The second-order valence-electron chi connectivity index (χ2n) is 10.5. The van der Waals surface area contributed by atoms with Crippen molar-refractivity contribution in [1.82, 2.24) is 14.9 Å². The van der Waals surface area contributed by atoms with Crippen LogP contribution in [0.3, 0.4) is 0 Å². The van der Waals surface area contributed by atoms with E-state index in [4.69, 9.17) is 31.0 Å². The number of fused-ring (bicyclic) bond motifs is 1. The van der Waals surface area contributed by atoms with Crippen molar-refractivity contribution in [2.75, 3.05) is 31.5 Å². The molecule has 1 aromatic heterocycles. The van der Waals surface area contributed by atoms with E-state index in [1.807, 2.05) is 109 Å². The smallest absolute Gasteiger partial charge is 0.162 e. The molecule has 0 saturated carbocycles. The molecular weight excluding hydrogens is 568 g/mol. The normalized spacial score (nSPS) is 11.4. The van der Waals surface area contributed by atoms with E-state index in [0.29, 0.717) is 35.6 Å². The second-order valence-corrected chi connectivity index (χ2v) is 10.9. The predicted octanol–water partition coefficient (Wildman–Crippen LogP) is 8.76. The average Bonchev–Trinajstić information content (AvgIpc) is 3.06. The highest BCUT2D eigenvalue weighted by molar-refractivity contribution is 6.31. The van der Waals surface area contributed by atoms with E-state index in [0.717, 1.165) is 66.0 Å². The molecule has 0 aliphatic carbocycles. The summed E-state index contributed by atoms with van der Waals surface area (Å²) in [6.07, 6.45) is 4.94. The number of nitrogens with one attached hydrogen (secondary N) is 1. The first-order valence-electron chi connectivity index (χ1n) is 15.2. The van der Waals surface area contributed by atoms with Crippen LogP contribution in [0, 0.1) is 0 Å². The zero-order chi connectivity index (χ0) is 30.6. The third kappa shape index (κ3) is 8.82. The zero-order valence-electron chi connectivity index (χ0n) is 25.4. The molecule has 4 aromatic carbocycles. The molecule has 0 aliphatic rings. The third-order valence-electron chi connectivity index (χ3n) is 7.38. The summed E-state index contributed by atoms with van der Waals surface area (Å²) in [7, 11) is 0. The van der Waals surface area contributed by atoms with Gasteiger partial charge in [0.1, 0.15) is 19.0 Å². The Bertz CT molecular complexity index is 1660. The van der Waals surface area contributed by atoms with Gasteiger partial charge in [-0.2, -0.15) is 0 Å². The van der Waals surface area contributed by atoms with Gasteiger partial charge < -0.3 is 19.7 Å². The number of hydrogen-bond acceptors (Lipinski definition) is 6. The summed E-state index contributed by atoms with van der Waals surface area (Å²) in [4.78, 5) is 12.1. The molecule has 5 aromatic rings. The van der Waals surface area contributed by atoms with E-state index < -0.39 is 0 Å². The van der Waals surface area contributed by atoms with Crippen molar-refractivity contribution in [3.05, 3.63) is 125 Å². The standard InChI is InChI=1S/C37H39ClN4O2/c1-3-42(4-2)23-11-22-39-37-32-19-18-31(38)25-33(32)40-36(41-37)21-17-28-16-20-34(43-26-29-12-7-5-8-13-29)35(24-28)44-27-30-14-9-6-10-15-30/h5-10,12-21,24-25H,3-4,11,22-23,26-27H2,1-2H3,(H,39,40,41). The SMILES string of the molecule is CCN(CC)CCCNc1nc(C=Cc2ccc(OCc3ccccc3)c(OCc3ccccc3)c2)nc2cc(Cl)ccc12. The van der Waals surface area contributed by atoms with Gasteiger partial charge in [-0.05, 0) is 79.2 Å². The number of halogens is 1. The van der Waals surface area contributed by atoms with Crippen LogP contribution in [0.1, 0.15) is 42.8 Å². The van der Waals surface area contributed by atoms with E-state index >= 15 is 0 Å². The molecule has 1 N–H and O–H groups in total. The minimum absolute atomic E-state index is 0.438. The second kappa shape index (κ2) is 15.9. The van der Waals surface area contributed by atoms with Gasteiger partial charge in [-0.15, -0.1) is 0 Å². The fourth-order valence-corrected chi connectivity index (χ4v) is 5.05. The molecule has 0 atom stereocenters. The molecule has 0 saturated heterocycles. The van der Waals surface area contributed by atoms with Crippen LogP contribution < -0.4 is 14.8 Å². The minimum atomic E-state index is 0.438. The summed E-state index contributed by atoms with van der Waals surface area (Å²) in [5, 5.41) is 5.13. The van der Waals surface area contributed by atoms with Gasteiger partial charge in [-0.25, -0.2) is 9.97 Å². The van der Waals surface area contributed by atoms with Crippen LogP contribution in [0.15, 0.2) is 97.1 Å². The lowest BCUT2D eigenvalue weighted by Crippen LogP contribution is -2.25. The highest BCUT2D eigenvalue weighted by Gasteiger charge is 2.10. The topological polar surface area (TPSA) is 59.5 Å². The Morgan fingerprint density at radius 3 is 2.11 bits per heavy atom. The molecule has 7 heteroatoms. The first kappa shape index (κ1) is 31.0. The van der Waals surface area contributed by atoms with Crippen LogP contribution in [-0.4, -0.2) is 41.0 Å². The van der Waals surface area contributed by atoms with E-state index in [-0.39, 0.29) is 0 Å². The quantitative estimate of drug-likeness (QED) is 0.120. The van der Waals surface area contributed by atoms with Gasteiger partial charge in [0, 0.05) is 17.0 Å². The monoisotopic (exact) mass is 606 g/mol. The fraction of sp³-hybridized carbons (Fsp3) is 0.243. The predicted molar refractivity (Wildman–Crippen MR) is 182 cm³/mol. The van der Waals surface area contributed by atoms with Crippen molar-refractivity contribution in [3.63, 3.8) is 0 Å². The lowest BCUT2D eigenvalue weighted by atomic mass is 10.1. The van der Waals surface area contributed by atoms with Crippen LogP contribution >= 0.6 is 11.6 Å². The van der Waals surface area contributed by atoms with Crippen LogP contribution in [0.25, 0.3) is 23.1 Å². The Morgan fingerprint density at radius 2 is 1.43 bits per heavy atom. The largest absolute Gasteiger partial charge is 0.485 e. The summed E-state index contributed by atoms with van der Waals surface area (Å²) in [6.45, 7) is 9.26. The first-order valence-corrected chi connectivity index (χ1v) is 15.6. The summed E-state index contributed by atoms with van der Waals surface area (Å²) in [5.41, 5.74) is 3.93. The molecule has 0 amide bonds. The van der Waals surface area contributed by atoms with Crippen molar-refractivity contribution in [1.29, 1.82) is 0 Å². The molecule has 0 bridgehead atoms. The van der Waals surface area contributed by atoms with Crippen LogP contribution in [-0.2, 0) is 13.2 Å². The van der Waals surface area contributed by atoms with Crippen LogP contribution in [0.2, 0.25) is 5.02 Å². The molecule has 1 heterocycles. The van der Waals surface area contributed by atoms with E-state index in [2.05, 4.69) is 24.1 Å². The van der Waals surface area contributed by atoms with Crippen LogP contribution in [0.4, 0.5) is 5.82 Å². The third-order valence-corrected chi connectivity index (χ3v) is 7.62. The Balaban J connectivity index is 1.36. The van der Waals surface area contributed by atoms with Gasteiger partial charge in [0.05, 0.1) is 5.52 Å². The number of ether oxygens (including phenoxy) is 2. The highest BCUT2D eigenvalue weighted by atomic mass is 35.5. The van der Waals surface area contributed by atoms with Gasteiger partial charge in [0.15, 0.2) is 17.3 Å². The lowest BCUT2D eigenvalue weighted by molar-refractivity contribution is 0.256. The van der Waals surface area contributed by atoms with Crippen molar-refractivity contribution >= 4 is 40.5 Å². The molecule has 0 unspecified atom stereocenters. The number of rotatable bonds is 15. The minimum Gasteiger partial charge on any atom is -0.485 e. The fourth-order valence-electron chi connectivity index (χ4n) is 4.88. The Labute approximate surface area is 265 Å². The molecule has 0 aliphatic heterocycles. The summed E-state index contributed by atoms with van der Waals surface area (Å²) in [5.74, 6) is 2.77. The highest BCUT2D eigenvalue weighted by Crippen LogP contribution is 2.31. The number of aromatic nitrogens is 2. The van der Waals surface area contributed by atoms with Gasteiger partial charge in [-0.3, -0.25) is 0 Å². The molecule has 0 spiro atoms. The zero-order valence-corrected chi connectivity index (χ0v) is 26.1. The molecule has 6 nitrogen and oxygen atoms in total. The van der Waals surface area contributed by atoms with Crippen LogP contribution in [0.5, 0.6) is 11.5 Å².